The maximum absolute atomic E-state index is 13.7. The van der Waals surface area contributed by atoms with Crippen molar-refractivity contribution in [2.45, 2.75) is 63.8 Å². The third kappa shape index (κ3) is 12.3. The van der Waals surface area contributed by atoms with Crippen LogP contribution in [0.2, 0.25) is 0 Å². The number of anilines is 1. The van der Waals surface area contributed by atoms with Crippen molar-refractivity contribution in [1.29, 1.82) is 0 Å². The molecule has 45 heavy (non-hydrogen) atoms. The first-order chi connectivity index (χ1) is 21.1. The van der Waals surface area contributed by atoms with E-state index in [0.717, 1.165) is 10.6 Å². The molecule has 248 valence electrons. The van der Waals surface area contributed by atoms with Crippen molar-refractivity contribution in [3.8, 4) is 11.3 Å². The highest BCUT2D eigenvalue weighted by molar-refractivity contribution is 7.92. The first-order valence-corrected chi connectivity index (χ1v) is 15.5. The molecular weight excluding hydrogens is 621 g/mol. The van der Waals surface area contributed by atoms with Crippen LogP contribution >= 0.6 is 0 Å². The van der Waals surface area contributed by atoms with E-state index in [4.69, 9.17) is 4.74 Å². The first kappa shape index (κ1) is 36.9. The molecule has 0 spiro atoms. The van der Waals surface area contributed by atoms with E-state index in [9.17, 15) is 42.8 Å². The van der Waals surface area contributed by atoms with Crippen LogP contribution in [0.25, 0.3) is 17.3 Å². The van der Waals surface area contributed by atoms with Gasteiger partial charge in [0.15, 0.2) is 5.34 Å². The number of carbonyl (C=O) groups excluding carboxylic acids is 1. The number of hydrogen-bond acceptors (Lipinski definition) is 14. The SMILES string of the molecule is CC(C)c1nc(N(C)S(C)(=O)=O)nc(-c2ccc(F)cc2)c1/C=C/[C@@H](O)CC(O)CC(=O)OCCC(CCON=O)O[N+](=O)[O-]. The Kier molecular flexibility index (Phi) is 14.2. The summed E-state index contributed by atoms with van der Waals surface area (Å²) in [6, 6.07) is 5.38. The van der Waals surface area contributed by atoms with E-state index in [0.29, 0.717) is 16.8 Å². The van der Waals surface area contributed by atoms with Gasteiger partial charge in [0.25, 0.3) is 5.09 Å². The lowest BCUT2D eigenvalue weighted by atomic mass is 9.97. The molecule has 16 nitrogen and oxygen atoms in total. The predicted molar refractivity (Wildman–Crippen MR) is 159 cm³/mol. The highest BCUT2D eigenvalue weighted by atomic mass is 32.2. The number of aliphatic hydroxyl groups excluding tert-OH is 2. The summed E-state index contributed by atoms with van der Waals surface area (Å²) in [5, 5.41) is 32.7. The number of carbonyl (C=O) groups is 1. The topological polar surface area (TPSA) is 221 Å². The lowest BCUT2D eigenvalue weighted by Crippen LogP contribution is -2.27. The normalized spacial score (nSPS) is 13.7. The van der Waals surface area contributed by atoms with E-state index in [1.807, 2.05) is 13.8 Å². The van der Waals surface area contributed by atoms with Gasteiger partial charge in [-0.3, -0.25) is 4.79 Å². The number of halogens is 1. The Labute approximate surface area is 258 Å². The number of benzene rings is 1. The lowest BCUT2D eigenvalue weighted by Gasteiger charge is -2.20. The first-order valence-electron chi connectivity index (χ1n) is 13.7. The summed E-state index contributed by atoms with van der Waals surface area (Å²) in [6.07, 6.45) is -0.649. The van der Waals surface area contributed by atoms with Crippen molar-refractivity contribution in [1.82, 2.24) is 9.97 Å². The number of ether oxygens (including phenoxy) is 1. The summed E-state index contributed by atoms with van der Waals surface area (Å²) in [4.78, 5) is 50.3. The van der Waals surface area contributed by atoms with Crippen LogP contribution in [0.5, 0.6) is 0 Å². The van der Waals surface area contributed by atoms with Gasteiger partial charge < -0.3 is 24.6 Å². The van der Waals surface area contributed by atoms with Gasteiger partial charge in [-0.25, -0.2) is 27.1 Å². The maximum Gasteiger partial charge on any atom is 0.308 e. The molecule has 2 N–H and O–H groups in total. The van der Waals surface area contributed by atoms with Crippen molar-refractivity contribution < 1.29 is 47.3 Å². The number of aromatic nitrogens is 2. The second kappa shape index (κ2) is 17.3. The van der Waals surface area contributed by atoms with Crippen LogP contribution in [0.1, 0.15) is 56.7 Å². The molecule has 0 aliphatic carbocycles. The van der Waals surface area contributed by atoms with Crippen LogP contribution in [0.4, 0.5) is 10.3 Å². The van der Waals surface area contributed by atoms with E-state index in [-0.39, 0.29) is 50.0 Å². The molecule has 2 unspecified atom stereocenters. The van der Waals surface area contributed by atoms with Gasteiger partial charge in [0.1, 0.15) is 18.5 Å². The Morgan fingerprint density at radius 3 is 2.40 bits per heavy atom. The maximum atomic E-state index is 13.7. The zero-order chi connectivity index (χ0) is 33.7. The summed E-state index contributed by atoms with van der Waals surface area (Å²) in [5.74, 6) is -1.66. The zero-order valence-corrected chi connectivity index (χ0v) is 25.9. The fourth-order valence-electron chi connectivity index (χ4n) is 3.99. The minimum absolute atomic E-state index is 0.0605. The van der Waals surface area contributed by atoms with E-state index in [2.05, 4.69) is 25.0 Å². The Morgan fingerprint density at radius 1 is 1.18 bits per heavy atom. The van der Waals surface area contributed by atoms with Gasteiger partial charge in [0.2, 0.25) is 16.0 Å². The number of rotatable bonds is 19. The van der Waals surface area contributed by atoms with E-state index < -0.39 is 51.6 Å². The fourth-order valence-corrected chi connectivity index (χ4v) is 4.37. The standard InChI is InChI=1S/C27H36FN5O11S/c1-17(2)25-23(26(18-5-7-19(28)8-6-18)30-27(29-25)32(3)45(4,40)41)10-9-20(34)15-21(35)16-24(36)42-13-11-22(44-33(38)39)12-14-43-31-37/h5-10,17,20-22,34-35H,11-16H2,1-4H3/b10-9+/t20-,21?,22?/m1/s1. The molecule has 2 rings (SSSR count). The smallest absolute Gasteiger partial charge is 0.308 e. The Morgan fingerprint density at radius 2 is 1.82 bits per heavy atom. The highest BCUT2D eigenvalue weighted by Gasteiger charge is 2.23. The van der Waals surface area contributed by atoms with Crippen LogP contribution in [-0.2, 0) is 29.2 Å². The molecule has 18 heteroatoms. The largest absolute Gasteiger partial charge is 0.466 e. The van der Waals surface area contributed by atoms with Crippen LogP contribution in [-0.4, -0.2) is 84.5 Å². The van der Waals surface area contributed by atoms with Gasteiger partial charge in [0.05, 0.1) is 42.9 Å². The van der Waals surface area contributed by atoms with Crippen molar-refractivity contribution in [3.05, 3.63) is 62.4 Å². The number of hydrogen-bond donors (Lipinski definition) is 2. The van der Waals surface area contributed by atoms with Gasteiger partial charge in [-0.1, -0.05) is 26.0 Å². The minimum Gasteiger partial charge on any atom is -0.466 e. The van der Waals surface area contributed by atoms with E-state index in [1.54, 1.807) is 0 Å². The number of aliphatic hydroxyl groups is 2. The molecule has 0 saturated heterocycles. The monoisotopic (exact) mass is 657 g/mol. The summed E-state index contributed by atoms with van der Waals surface area (Å²) in [7, 11) is -2.41. The van der Waals surface area contributed by atoms with Crippen molar-refractivity contribution >= 4 is 28.0 Å². The molecule has 0 aliphatic rings. The van der Waals surface area contributed by atoms with Crippen molar-refractivity contribution in [2.24, 2.45) is 5.34 Å². The molecule has 1 heterocycles. The van der Waals surface area contributed by atoms with Gasteiger partial charge >= 0.3 is 5.97 Å². The second-order valence-electron chi connectivity index (χ2n) is 10.2. The average Bonchev–Trinajstić information content (AvgIpc) is 2.94. The number of nitrogens with zero attached hydrogens (tertiary/aromatic N) is 5. The van der Waals surface area contributed by atoms with Gasteiger partial charge in [-0.05, 0) is 30.2 Å². The summed E-state index contributed by atoms with van der Waals surface area (Å²) >= 11 is 0. The highest BCUT2D eigenvalue weighted by Crippen LogP contribution is 2.31. The van der Waals surface area contributed by atoms with Crippen LogP contribution in [0.15, 0.2) is 35.7 Å². The van der Waals surface area contributed by atoms with Gasteiger partial charge in [-0.2, -0.15) is 0 Å². The van der Waals surface area contributed by atoms with Crippen molar-refractivity contribution in [3.63, 3.8) is 0 Å². The summed E-state index contributed by atoms with van der Waals surface area (Å²) < 4.78 is 44.0. The molecule has 0 amide bonds. The van der Waals surface area contributed by atoms with Crippen molar-refractivity contribution in [2.75, 3.05) is 30.8 Å². The van der Waals surface area contributed by atoms with Crippen LogP contribution in [0.3, 0.4) is 0 Å². The van der Waals surface area contributed by atoms with Gasteiger partial charge in [-0.15, -0.1) is 15.0 Å². The molecular formula is C27H36FN5O11S. The molecule has 0 radical (unpaired) electrons. The third-order valence-corrected chi connectivity index (χ3v) is 7.49. The predicted octanol–water partition coefficient (Wildman–Crippen LogP) is 2.92. The number of sulfonamides is 1. The lowest BCUT2D eigenvalue weighted by molar-refractivity contribution is -0.769. The fraction of sp³-hybridized carbons (Fsp3) is 0.519. The molecule has 2 aromatic rings. The Bertz CT molecular complexity index is 1440. The third-order valence-electron chi connectivity index (χ3n) is 6.33. The zero-order valence-electron chi connectivity index (χ0n) is 25.1. The molecule has 0 aliphatic heterocycles. The van der Waals surface area contributed by atoms with E-state index in [1.165, 1.54) is 43.5 Å². The molecule has 0 saturated carbocycles. The average molecular weight is 658 g/mol. The van der Waals surface area contributed by atoms with Gasteiger partial charge in [0, 0.05) is 37.4 Å². The van der Waals surface area contributed by atoms with Crippen LogP contribution < -0.4 is 4.31 Å². The number of esters is 1. The second-order valence-corrected chi connectivity index (χ2v) is 12.3. The molecule has 1 aromatic carbocycles. The van der Waals surface area contributed by atoms with E-state index >= 15 is 0 Å². The Hall–Kier alpha value is -4.29. The minimum atomic E-state index is -3.71. The quantitative estimate of drug-likeness (QED) is 0.0730. The molecule has 0 bridgehead atoms. The molecule has 0 fully saturated rings. The summed E-state index contributed by atoms with van der Waals surface area (Å²) in [6.45, 7) is 3.13. The van der Waals surface area contributed by atoms with Crippen LogP contribution in [0, 0.1) is 20.8 Å². The molecule has 3 atom stereocenters. The molecule has 1 aromatic heterocycles. The Balaban J connectivity index is 2.16. The summed E-state index contributed by atoms with van der Waals surface area (Å²) in [5.41, 5.74) is 1.60.